The molecule has 0 aliphatic carbocycles. The van der Waals surface area contributed by atoms with Gasteiger partial charge in [0.1, 0.15) is 0 Å². The van der Waals surface area contributed by atoms with Crippen molar-refractivity contribution in [1.82, 2.24) is 4.98 Å². The monoisotopic (exact) mass is 397 g/mol. The standard InChI is InChI=1S/C17H16ClNO4S2/c1-3-11(2)24-17-16(19-15(23-17)14-5-4-10-22-14)25(20,21)13-8-6-12(18)7-9-13/h4-11H,3H2,1-2H3/t11-/m0/s1. The van der Waals surface area contributed by atoms with Gasteiger partial charge in [-0.1, -0.05) is 37.2 Å². The van der Waals surface area contributed by atoms with Crippen LogP contribution in [0.4, 0.5) is 0 Å². The van der Waals surface area contributed by atoms with Gasteiger partial charge in [-0.05, 0) is 42.8 Å². The van der Waals surface area contributed by atoms with Gasteiger partial charge in [0.05, 0.1) is 11.2 Å². The van der Waals surface area contributed by atoms with E-state index >= 15 is 0 Å². The Morgan fingerprint density at radius 2 is 1.96 bits per heavy atom. The van der Waals surface area contributed by atoms with Crippen LogP contribution >= 0.6 is 23.4 Å². The summed E-state index contributed by atoms with van der Waals surface area (Å²) in [5.41, 5.74) is 0. The van der Waals surface area contributed by atoms with Crippen LogP contribution in [0.15, 0.2) is 66.5 Å². The Hall–Kier alpha value is -1.70. The number of sulfone groups is 1. The number of thioether (sulfide) groups is 1. The van der Waals surface area contributed by atoms with Crippen molar-refractivity contribution < 1.29 is 17.3 Å². The first-order valence-corrected chi connectivity index (χ1v) is 10.4. The molecule has 1 atom stereocenters. The number of oxazole rings is 1. The van der Waals surface area contributed by atoms with E-state index in [-0.39, 0.29) is 26.2 Å². The fourth-order valence-electron chi connectivity index (χ4n) is 2.03. The summed E-state index contributed by atoms with van der Waals surface area (Å²) in [6.07, 6.45) is 2.34. The van der Waals surface area contributed by atoms with Crippen molar-refractivity contribution >= 4 is 33.2 Å². The minimum absolute atomic E-state index is 0.105. The molecule has 0 saturated heterocycles. The lowest BCUT2D eigenvalue weighted by Gasteiger charge is -2.07. The summed E-state index contributed by atoms with van der Waals surface area (Å²) in [6.45, 7) is 4.02. The quantitative estimate of drug-likeness (QED) is 0.524. The Balaban J connectivity index is 2.10. The summed E-state index contributed by atoms with van der Waals surface area (Å²) in [5, 5.41) is 0.795. The van der Waals surface area contributed by atoms with E-state index in [1.807, 2.05) is 13.8 Å². The Morgan fingerprint density at radius 3 is 2.56 bits per heavy atom. The van der Waals surface area contributed by atoms with Crippen LogP contribution in [0.3, 0.4) is 0 Å². The van der Waals surface area contributed by atoms with E-state index in [2.05, 4.69) is 4.98 Å². The Labute approximate surface area is 155 Å². The maximum absolute atomic E-state index is 13.0. The second-order valence-corrected chi connectivity index (χ2v) is 9.10. The van der Waals surface area contributed by atoms with E-state index in [9.17, 15) is 8.42 Å². The number of aromatic nitrogens is 1. The molecule has 0 amide bonds. The Kier molecular flexibility index (Phi) is 5.27. The van der Waals surface area contributed by atoms with Gasteiger partial charge in [-0.3, -0.25) is 0 Å². The van der Waals surface area contributed by atoms with E-state index in [4.69, 9.17) is 20.4 Å². The Bertz CT molecular complexity index is 947. The molecule has 0 unspecified atom stereocenters. The van der Waals surface area contributed by atoms with Gasteiger partial charge in [0.25, 0.3) is 5.89 Å². The molecule has 3 aromatic rings. The molecule has 2 heterocycles. The highest BCUT2D eigenvalue weighted by Crippen LogP contribution is 2.37. The zero-order chi connectivity index (χ0) is 18.0. The lowest BCUT2D eigenvalue weighted by Crippen LogP contribution is -2.04. The summed E-state index contributed by atoms with van der Waals surface area (Å²) in [5.74, 6) is 0.520. The molecule has 8 heteroatoms. The fraction of sp³-hybridized carbons (Fsp3) is 0.235. The number of hydrogen-bond donors (Lipinski definition) is 0. The van der Waals surface area contributed by atoms with Crippen molar-refractivity contribution in [3.63, 3.8) is 0 Å². The maximum atomic E-state index is 13.0. The highest BCUT2D eigenvalue weighted by Gasteiger charge is 2.30. The minimum atomic E-state index is -3.84. The molecule has 1 aromatic carbocycles. The Morgan fingerprint density at radius 1 is 1.24 bits per heavy atom. The van der Waals surface area contributed by atoms with Crippen LogP contribution in [-0.2, 0) is 9.84 Å². The van der Waals surface area contributed by atoms with Crippen LogP contribution in [0.2, 0.25) is 5.02 Å². The number of benzene rings is 1. The molecule has 132 valence electrons. The normalized spacial score (nSPS) is 13.1. The molecule has 0 spiro atoms. The van der Waals surface area contributed by atoms with Gasteiger partial charge in [-0.15, -0.1) is 0 Å². The summed E-state index contributed by atoms with van der Waals surface area (Å²) < 4.78 is 37.0. The van der Waals surface area contributed by atoms with Gasteiger partial charge in [0.2, 0.25) is 20.0 Å². The highest BCUT2D eigenvalue weighted by molar-refractivity contribution is 8.00. The van der Waals surface area contributed by atoms with Crippen LogP contribution in [0.1, 0.15) is 20.3 Å². The predicted molar refractivity (Wildman–Crippen MR) is 96.7 cm³/mol. The molecule has 0 bridgehead atoms. The first-order chi connectivity index (χ1) is 11.9. The van der Waals surface area contributed by atoms with Crippen LogP contribution in [0.5, 0.6) is 0 Å². The van der Waals surface area contributed by atoms with Crippen LogP contribution in [-0.4, -0.2) is 18.7 Å². The van der Waals surface area contributed by atoms with E-state index in [1.165, 1.54) is 42.3 Å². The van der Waals surface area contributed by atoms with Crippen LogP contribution in [0.25, 0.3) is 11.7 Å². The van der Waals surface area contributed by atoms with Crippen LogP contribution in [0, 0.1) is 0 Å². The largest absolute Gasteiger partial charge is 0.459 e. The number of halogens is 1. The van der Waals surface area contributed by atoms with Crippen molar-refractivity contribution in [2.45, 2.75) is 40.5 Å². The average Bonchev–Trinajstić information content (AvgIpc) is 3.24. The predicted octanol–water partition coefficient (Wildman–Crippen LogP) is 5.31. The van der Waals surface area contributed by atoms with E-state index in [0.29, 0.717) is 10.8 Å². The average molecular weight is 398 g/mol. The second-order valence-electron chi connectivity index (χ2n) is 5.38. The highest BCUT2D eigenvalue weighted by atomic mass is 35.5. The number of hydrogen-bond acceptors (Lipinski definition) is 6. The topological polar surface area (TPSA) is 73.3 Å². The third-order valence-electron chi connectivity index (χ3n) is 3.56. The summed E-state index contributed by atoms with van der Waals surface area (Å²) in [6, 6.07) is 9.33. The molecule has 0 fully saturated rings. The van der Waals surface area contributed by atoms with E-state index in [0.717, 1.165) is 6.42 Å². The van der Waals surface area contributed by atoms with E-state index in [1.54, 1.807) is 12.1 Å². The van der Waals surface area contributed by atoms with Gasteiger partial charge in [-0.25, -0.2) is 8.42 Å². The van der Waals surface area contributed by atoms with Crippen molar-refractivity contribution in [1.29, 1.82) is 0 Å². The van der Waals surface area contributed by atoms with Crippen molar-refractivity contribution in [2.24, 2.45) is 0 Å². The molecule has 0 N–H and O–H groups in total. The minimum Gasteiger partial charge on any atom is -0.459 e. The zero-order valence-corrected chi connectivity index (χ0v) is 16.0. The zero-order valence-electron chi connectivity index (χ0n) is 13.6. The molecule has 0 aliphatic rings. The SMILES string of the molecule is CC[C@H](C)Sc1oc(-c2ccco2)nc1S(=O)(=O)c1ccc(Cl)cc1. The number of furan rings is 1. The molecule has 2 aromatic heterocycles. The summed E-state index contributed by atoms with van der Waals surface area (Å²) >= 11 is 7.19. The molecule has 0 aliphatic heterocycles. The molecule has 25 heavy (non-hydrogen) atoms. The van der Waals surface area contributed by atoms with Crippen molar-refractivity contribution in [3.05, 3.63) is 47.7 Å². The first kappa shape index (κ1) is 18.1. The van der Waals surface area contributed by atoms with Gasteiger partial charge in [0, 0.05) is 10.3 Å². The summed E-state index contributed by atoms with van der Waals surface area (Å²) in [4.78, 5) is 4.32. The first-order valence-electron chi connectivity index (χ1n) is 7.64. The summed E-state index contributed by atoms with van der Waals surface area (Å²) in [7, 11) is -3.84. The number of nitrogens with zero attached hydrogens (tertiary/aromatic N) is 1. The maximum Gasteiger partial charge on any atom is 0.265 e. The van der Waals surface area contributed by atoms with Crippen LogP contribution < -0.4 is 0 Å². The second kappa shape index (κ2) is 7.27. The molecular weight excluding hydrogens is 382 g/mol. The van der Waals surface area contributed by atoms with Crippen molar-refractivity contribution in [2.75, 3.05) is 0 Å². The van der Waals surface area contributed by atoms with E-state index < -0.39 is 9.84 Å². The van der Waals surface area contributed by atoms with Gasteiger partial charge in [-0.2, -0.15) is 4.98 Å². The molecular formula is C17H16ClNO4S2. The van der Waals surface area contributed by atoms with Crippen molar-refractivity contribution in [3.8, 4) is 11.7 Å². The third kappa shape index (κ3) is 3.78. The number of rotatable bonds is 6. The lowest BCUT2D eigenvalue weighted by molar-refractivity contribution is 0.450. The smallest absolute Gasteiger partial charge is 0.265 e. The lowest BCUT2D eigenvalue weighted by atomic mass is 10.4. The van der Waals surface area contributed by atoms with Gasteiger partial charge >= 0.3 is 0 Å². The van der Waals surface area contributed by atoms with Gasteiger partial charge in [0.15, 0.2) is 5.76 Å². The third-order valence-corrected chi connectivity index (χ3v) is 6.85. The molecule has 5 nitrogen and oxygen atoms in total. The molecule has 3 rings (SSSR count). The molecule has 0 radical (unpaired) electrons. The van der Waals surface area contributed by atoms with Gasteiger partial charge < -0.3 is 8.83 Å². The molecule has 0 saturated carbocycles. The fourth-order valence-corrected chi connectivity index (χ4v) is 4.62.